The van der Waals surface area contributed by atoms with Crippen molar-refractivity contribution < 1.29 is 9.90 Å². The first-order valence-electron chi connectivity index (χ1n) is 6.89. The topological polar surface area (TPSA) is 59.3 Å². The summed E-state index contributed by atoms with van der Waals surface area (Å²) in [5.74, 6) is -0.970. The van der Waals surface area contributed by atoms with E-state index in [0.29, 0.717) is 10.9 Å². The number of aliphatic carboxylic acids is 1. The van der Waals surface area contributed by atoms with Gasteiger partial charge in [0.05, 0.1) is 11.9 Å². The molecule has 0 saturated carbocycles. The number of unbranched alkanes of at least 4 members (excludes halogenated alkanes) is 1. The highest BCUT2D eigenvalue weighted by molar-refractivity contribution is 5.81. The minimum absolute atomic E-state index is 0.159. The van der Waals surface area contributed by atoms with Gasteiger partial charge in [-0.25, -0.2) is 0 Å². The Labute approximate surface area is 117 Å². The summed E-state index contributed by atoms with van der Waals surface area (Å²) in [6.07, 6.45) is 1.83. The zero-order valence-corrected chi connectivity index (χ0v) is 11.8. The SMILES string of the molecule is CCCCn1c(C)c(CC(=O)O)c(=O)c2ccccc21. The average molecular weight is 273 g/mol. The van der Waals surface area contributed by atoms with E-state index in [1.54, 1.807) is 6.07 Å². The number of hydrogen-bond donors (Lipinski definition) is 1. The Hall–Kier alpha value is -2.10. The Balaban J connectivity index is 2.74. The predicted octanol–water partition coefficient (Wildman–Crippen LogP) is 2.74. The molecule has 0 bridgehead atoms. The van der Waals surface area contributed by atoms with Gasteiger partial charge in [0.1, 0.15) is 0 Å². The number of nitrogens with zero attached hydrogens (tertiary/aromatic N) is 1. The molecular formula is C16H19NO3. The number of fused-ring (bicyclic) bond motifs is 1. The van der Waals surface area contributed by atoms with Crippen LogP contribution < -0.4 is 5.43 Å². The number of aromatic nitrogens is 1. The van der Waals surface area contributed by atoms with Crippen LogP contribution in [0.5, 0.6) is 0 Å². The van der Waals surface area contributed by atoms with Crippen molar-refractivity contribution in [3.63, 3.8) is 0 Å². The summed E-state index contributed by atoms with van der Waals surface area (Å²) in [5, 5.41) is 9.61. The van der Waals surface area contributed by atoms with Crippen molar-refractivity contribution in [1.29, 1.82) is 0 Å². The minimum Gasteiger partial charge on any atom is -0.481 e. The number of aryl methyl sites for hydroxylation is 1. The zero-order chi connectivity index (χ0) is 14.7. The lowest BCUT2D eigenvalue weighted by atomic mass is 10.0. The Kier molecular flexibility index (Phi) is 4.23. The van der Waals surface area contributed by atoms with Crippen molar-refractivity contribution in [3.05, 3.63) is 45.7 Å². The van der Waals surface area contributed by atoms with Crippen LogP contribution in [0.3, 0.4) is 0 Å². The van der Waals surface area contributed by atoms with Crippen molar-refractivity contribution in [2.45, 2.75) is 39.7 Å². The molecular weight excluding hydrogens is 254 g/mol. The normalized spacial score (nSPS) is 10.9. The van der Waals surface area contributed by atoms with Gasteiger partial charge in [0.15, 0.2) is 5.43 Å². The highest BCUT2D eigenvalue weighted by Crippen LogP contribution is 2.17. The highest BCUT2D eigenvalue weighted by atomic mass is 16.4. The van der Waals surface area contributed by atoms with Gasteiger partial charge in [0.25, 0.3) is 0 Å². The number of carboxylic acid groups (broad SMARTS) is 1. The summed E-state index contributed by atoms with van der Waals surface area (Å²) in [4.78, 5) is 23.4. The molecule has 106 valence electrons. The monoisotopic (exact) mass is 273 g/mol. The van der Waals surface area contributed by atoms with Crippen LogP contribution in [-0.2, 0) is 17.8 Å². The van der Waals surface area contributed by atoms with Gasteiger partial charge in [0, 0.05) is 23.2 Å². The van der Waals surface area contributed by atoms with Crippen molar-refractivity contribution in [3.8, 4) is 0 Å². The van der Waals surface area contributed by atoms with E-state index < -0.39 is 5.97 Å². The molecule has 1 aromatic carbocycles. The molecule has 1 heterocycles. The van der Waals surface area contributed by atoms with Crippen molar-refractivity contribution in [1.82, 2.24) is 4.57 Å². The van der Waals surface area contributed by atoms with Gasteiger partial charge in [0.2, 0.25) is 0 Å². The predicted molar refractivity (Wildman–Crippen MR) is 79.2 cm³/mol. The molecule has 4 heteroatoms. The average Bonchev–Trinajstić information content (AvgIpc) is 2.43. The number of benzene rings is 1. The van der Waals surface area contributed by atoms with E-state index in [2.05, 4.69) is 11.5 Å². The number of pyridine rings is 1. The summed E-state index contributed by atoms with van der Waals surface area (Å²) >= 11 is 0. The fraction of sp³-hybridized carbons (Fsp3) is 0.375. The van der Waals surface area contributed by atoms with Crippen molar-refractivity contribution in [2.24, 2.45) is 0 Å². The molecule has 1 N–H and O–H groups in total. The first-order valence-corrected chi connectivity index (χ1v) is 6.89. The third-order valence-electron chi connectivity index (χ3n) is 3.62. The maximum absolute atomic E-state index is 12.4. The lowest BCUT2D eigenvalue weighted by Gasteiger charge is -2.17. The molecule has 0 saturated heterocycles. The fourth-order valence-corrected chi connectivity index (χ4v) is 2.54. The maximum Gasteiger partial charge on any atom is 0.308 e. The van der Waals surface area contributed by atoms with Crippen LogP contribution in [0.4, 0.5) is 0 Å². The molecule has 0 fully saturated rings. The molecule has 20 heavy (non-hydrogen) atoms. The number of rotatable bonds is 5. The quantitative estimate of drug-likeness (QED) is 0.911. The molecule has 0 spiro atoms. The maximum atomic E-state index is 12.4. The lowest BCUT2D eigenvalue weighted by molar-refractivity contribution is -0.136. The number of hydrogen-bond acceptors (Lipinski definition) is 2. The Morgan fingerprint density at radius 2 is 2.00 bits per heavy atom. The van der Waals surface area contributed by atoms with Crippen LogP contribution in [0.25, 0.3) is 10.9 Å². The van der Waals surface area contributed by atoms with E-state index in [4.69, 9.17) is 5.11 Å². The van der Waals surface area contributed by atoms with E-state index in [0.717, 1.165) is 30.6 Å². The molecule has 0 atom stereocenters. The van der Waals surface area contributed by atoms with Crippen LogP contribution in [-0.4, -0.2) is 15.6 Å². The first kappa shape index (κ1) is 14.3. The molecule has 0 radical (unpaired) electrons. The van der Waals surface area contributed by atoms with E-state index in [9.17, 15) is 9.59 Å². The van der Waals surface area contributed by atoms with Crippen LogP contribution >= 0.6 is 0 Å². The second kappa shape index (κ2) is 5.90. The van der Waals surface area contributed by atoms with Gasteiger partial charge in [-0.3, -0.25) is 9.59 Å². The Morgan fingerprint density at radius 1 is 1.30 bits per heavy atom. The number of para-hydroxylation sites is 1. The molecule has 2 aromatic rings. The molecule has 0 aliphatic rings. The lowest BCUT2D eigenvalue weighted by Crippen LogP contribution is -2.21. The van der Waals surface area contributed by atoms with Gasteiger partial charge in [-0.1, -0.05) is 25.5 Å². The number of carbonyl (C=O) groups is 1. The zero-order valence-electron chi connectivity index (χ0n) is 11.8. The molecule has 1 aromatic heterocycles. The smallest absolute Gasteiger partial charge is 0.308 e. The van der Waals surface area contributed by atoms with Gasteiger partial charge in [-0.2, -0.15) is 0 Å². The van der Waals surface area contributed by atoms with E-state index in [1.165, 1.54) is 0 Å². The summed E-state index contributed by atoms with van der Waals surface area (Å²) in [6.45, 7) is 4.75. The molecule has 0 unspecified atom stereocenters. The van der Waals surface area contributed by atoms with Gasteiger partial charge >= 0.3 is 5.97 Å². The molecule has 4 nitrogen and oxygen atoms in total. The standard InChI is InChI=1S/C16H19NO3/c1-3-4-9-17-11(2)13(10-15(18)19)16(20)12-7-5-6-8-14(12)17/h5-8H,3-4,9-10H2,1-2H3,(H,18,19). The summed E-state index contributed by atoms with van der Waals surface area (Å²) in [5.41, 5.74) is 1.89. The van der Waals surface area contributed by atoms with Gasteiger partial charge < -0.3 is 9.67 Å². The van der Waals surface area contributed by atoms with Crippen LogP contribution in [0.1, 0.15) is 31.0 Å². The van der Waals surface area contributed by atoms with Gasteiger partial charge in [-0.15, -0.1) is 0 Å². The third-order valence-corrected chi connectivity index (χ3v) is 3.62. The first-order chi connectivity index (χ1) is 9.56. The highest BCUT2D eigenvalue weighted by Gasteiger charge is 2.15. The minimum atomic E-state index is -0.970. The van der Waals surface area contributed by atoms with Gasteiger partial charge in [-0.05, 0) is 25.5 Å². The summed E-state index contributed by atoms with van der Waals surface area (Å²) in [6, 6.07) is 7.41. The second-order valence-electron chi connectivity index (χ2n) is 4.99. The third kappa shape index (κ3) is 2.59. The molecule has 0 aliphatic carbocycles. The van der Waals surface area contributed by atoms with Crippen LogP contribution in [0.15, 0.2) is 29.1 Å². The number of carboxylic acids is 1. The van der Waals surface area contributed by atoms with Crippen LogP contribution in [0.2, 0.25) is 0 Å². The van der Waals surface area contributed by atoms with Crippen molar-refractivity contribution >= 4 is 16.9 Å². The summed E-state index contributed by atoms with van der Waals surface area (Å²) < 4.78 is 2.07. The van der Waals surface area contributed by atoms with E-state index in [1.807, 2.05) is 25.1 Å². The molecule has 0 aliphatic heterocycles. The fourth-order valence-electron chi connectivity index (χ4n) is 2.54. The van der Waals surface area contributed by atoms with Crippen molar-refractivity contribution in [2.75, 3.05) is 0 Å². The second-order valence-corrected chi connectivity index (χ2v) is 4.99. The van der Waals surface area contributed by atoms with E-state index >= 15 is 0 Å². The molecule has 2 rings (SSSR count). The summed E-state index contributed by atoms with van der Waals surface area (Å²) in [7, 11) is 0. The Morgan fingerprint density at radius 3 is 2.65 bits per heavy atom. The van der Waals surface area contributed by atoms with E-state index in [-0.39, 0.29) is 11.8 Å². The Bertz CT molecular complexity index is 701. The molecule has 0 amide bonds. The van der Waals surface area contributed by atoms with Crippen LogP contribution in [0, 0.1) is 6.92 Å². The largest absolute Gasteiger partial charge is 0.481 e.